The predicted molar refractivity (Wildman–Crippen MR) is 101 cm³/mol. The fraction of sp³-hybridized carbons (Fsp3) is 0.105. The molecule has 1 amide bonds. The summed E-state index contributed by atoms with van der Waals surface area (Å²) < 4.78 is 42.9. The summed E-state index contributed by atoms with van der Waals surface area (Å²) in [6.45, 7) is 0. The molecule has 0 aliphatic carbocycles. The van der Waals surface area contributed by atoms with Gasteiger partial charge >= 0.3 is 0 Å². The standard InChI is InChI=1S/C19H17NO6S/c1-25-13-9-12(10-14(11-13)26-2)19(21)20-17-7-8-18(27(22,23)24)16-6-4-3-5-15(16)17/h3-11H,1-2H3,(H,20,21)(H,22,23,24). The van der Waals surface area contributed by atoms with E-state index in [-0.39, 0.29) is 4.90 Å². The van der Waals surface area contributed by atoms with Gasteiger partial charge in [-0.15, -0.1) is 0 Å². The minimum absolute atomic E-state index is 0.223. The number of amides is 1. The van der Waals surface area contributed by atoms with Crippen LogP contribution in [0.25, 0.3) is 10.8 Å². The molecule has 0 saturated carbocycles. The predicted octanol–water partition coefficient (Wildman–Crippen LogP) is 3.36. The first-order valence-electron chi connectivity index (χ1n) is 7.87. The van der Waals surface area contributed by atoms with Gasteiger partial charge in [-0.05, 0) is 24.3 Å². The molecule has 0 bridgehead atoms. The Morgan fingerprint density at radius 1 is 0.926 bits per heavy atom. The Morgan fingerprint density at radius 2 is 1.52 bits per heavy atom. The van der Waals surface area contributed by atoms with Gasteiger partial charge in [-0.1, -0.05) is 24.3 Å². The molecule has 2 N–H and O–H groups in total. The van der Waals surface area contributed by atoms with Crippen molar-refractivity contribution in [1.82, 2.24) is 0 Å². The minimum Gasteiger partial charge on any atom is -0.497 e. The summed E-state index contributed by atoms with van der Waals surface area (Å²) in [6.07, 6.45) is 0. The van der Waals surface area contributed by atoms with Crippen molar-refractivity contribution in [3.05, 3.63) is 60.2 Å². The maximum Gasteiger partial charge on any atom is 0.295 e. The molecule has 27 heavy (non-hydrogen) atoms. The highest BCUT2D eigenvalue weighted by atomic mass is 32.2. The molecule has 0 aliphatic rings. The normalized spacial score (nSPS) is 11.2. The molecular weight excluding hydrogens is 370 g/mol. The second kappa shape index (κ2) is 7.26. The highest BCUT2D eigenvalue weighted by Crippen LogP contribution is 2.30. The molecule has 0 fully saturated rings. The molecule has 0 unspecified atom stereocenters. The molecule has 140 valence electrons. The molecule has 0 saturated heterocycles. The van der Waals surface area contributed by atoms with Gasteiger partial charge in [0.2, 0.25) is 0 Å². The molecule has 0 heterocycles. The Balaban J connectivity index is 2.04. The van der Waals surface area contributed by atoms with Gasteiger partial charge in [0.25, 0.3) is 16.0 Å². The van der Waals surface area contributed by atoms with Crippen LogP contribution in [0.2, 0.25) is 0 Å². The molecule has 0 radical (unpaired) electrons. The third-order valence-corrected chi connectivity index (χ3v) is 4.94. The second-order valence-electron chi connectivity index (χ2n) is 5.69. The van der Waals surface area contributed by atoms with E-state index < -0.39 is 16.0 Å². The first-order chi connectivity index (χ1) is 12.8. The van der Waals surface area contributed by atoms with Gasteiger partial charge in [0.1, 0.15) is 16.4 Å². The van der Waals surface area contributed by atoms with Crippen molar-refractivity contribution in [3.63, 3.8) is 0 Å². The average Bonchev–Trinajstić information content (AvgIpc) is 2.66. The Labute approximate surface area is 156 Å². The number of benzene rings is 3. The largest absolute Gasteiger partial charge is 0.497 e. The van der Waals surface area contributed by atoms with E-state index >= 15 is 0 Å². The van der Waals surface area contributed by atoms with Crippen LogP contribution in [0.5, 0.6) is 11.5 Å². The van der Waals surface area contributed by atoms with Gasteiger partial charge in [0, 0.05) is 28.1 Å². The lowest BCUT2D eigenvalue weighted by atomic mass is 10.1. The van der Waals surface area contributed by atoms with Gasteiger partial charge in [0.05, 0.1) is 14.2 Å². The number of carbonyl (C=O) groups is 1. The summed E-state index contributed by atoms with van der Waals surface area (Å²) >= 11 is 0. The van der Waals surface area contributed by atoms with E-state index in [1.807, 2.05) is 0 Å². The van der Waals surface area contributed by atoms with Gasteiger partial charge in [-0.25, -0.2) is 0 Å². The van der Waals surface area contributed by atoms with E-state index in [0.717, 1.165) is 0 Å². The molecule has 7 nitrogen and oxygen atoms in total. The van der Waals surface area contributed by atoms with Crippen molar-refractivity contribution in [2.45, 2.75) is 4.90 Å². The zero-order valence-corrected chi connectivity index (χ0v) is 15.4. The van der Waals surface area contributed by atoms with E-state index in [2.05, 4.69) is 5.32 Å². The van der Waals surface area contributed by atoms with Crippen LogP contribution >= 0.6 is 0 Å². The maximum absolute atomic E-state index is 12.7. The monoisotopic (exact) mass is 387 g/mol. The van der Waals surface area contributed by atoms with Crippen molar-refractivity contribution in [3.8, 4) is 11.5 Å². The van der Waals surface area contributed by atoms with Crippen LogP contribution < -0.4 is 14.8 Å². The van der Waals surface area contributed by atoms with Gasteiger partial charge in [-0.3, -0.25) is 9.35 Å². The van der Waals surface area contributed by atoms with Gasteiger partial charge in [0.15, 0.2) is 0 Å². The summed E-state index contributed by atoms with van der Waals surface area (Å²) in [6, 6.07) is 14.0. The number of methoxy groups -OCH3 is 2. The smallest absolute Gasteiger partial charge is 0.295 e. The Kier molecular flexibility index (Phi) is 5.02. The first-order valence-corrected chi connectivity index (χ1v) is 9.31. The fourth-order valence-electron chi connectivity index (χ4n) is 2.74. The number of nitrogens with one attached hydrogen (secondary N) is 1. The van der Waals surface area contributed by atoms with Gasteiger partial charge in [-0.2, -0.15) is 8.42 Å². The van der Waals surface area contributed by atoms with Crippen molar-refractivity contribution in [2.24, 2.45) is 0 Å². The number of carbonyl (C=O) groups excluding carboxylic acids is 1. The lowest BCUT2D eigenvalue weighted by Crippen LogP contribution is -2.13. The zero-order valence-electron chi connectivity index (χ0n) is 14.6. The van der Waals surface area contributed by atoms with Crippen LogP contribution in [0, 0.1) is 0 Å². The van der Waals surface area contributed by atoms with E-state index in [9.17, 15) is 17.8 Å². The Hall–Kier alpha value is -3.10. The summed E-state index contributed by atoms with van der Waals surface area (Å²) in [4.78, 5) is 12.5. The summed E-state index contributed by atoms with van der Waals surface area (Å²) in [5.74, 6) is 0.508. The third kappa shape index (κ3) is 3.86. The van der Waals surface area contributed by atoms with Crippen LogP contribution in [0.1, 0.15) is 10.4 Å². The molecule has 0 atom stereocenters. The topological polar surface area (TPSA) is 102 Å². The number of hydrogen-bond acceptors (Lipinski definition) is 5. The van der Waals surface area contributed by atoms with Crippen molar-refractivity contribution >= 4 is 32.5 Å². The van der Waals surface area contributed by atoms with E-state index in [4.69, 9.17) is 9.47 Å². The Bertz CT molecular complexity index is 1100. The third-order valence-electron chi connectivity index (χ3n) is 4.02. The molecule has 0 aliphatic heterocycles. The molecule has 3 aromatic rings. The first kappa shape index (κ1) is 18.7. The van der Waals surface area contributed by atoms with Crippen LogP contribution in [0.3, 0.4) is 0 Å². The Morgan fingerprint density at radius 3 is 2.07 bits per heavy atom. The number of fused-ring (bicyclic) bond motifs is 1. The van der Waals surface area contributed by atoms with E-state index in [0.29, 0.717) is 33.5 Å². The SMILES string of the molecule is COc1cc(OC)cc(C(=O)Nc2ccc(S(=O)(=O)O)c3ccccc23)c1. The molecular formula is C19H17NO6S. The van der Waals surface area contributed by atoms with Crippen LogP contribution in [0.4, 0.5) is 5.69 Å². The zero-order chi connectivity index (χ0) is 19.6. The lowest BCUT2D eigenvalue weighted by Gasteiger charge is -2.12. The minimum atomic E-state index is -4.39. The number of ether oxygens (including phenoxy) is 2. The van der Waals surface area contributed by atoms with Crippen LogP contribution in [-0.2, 0) is 10.1 Å². The number of anilines is 1. The summed E-state index contributed by atoms with van der Waals surface area (Å²) in [7, 11) is -1.42. The van der Waals surface area contributed by atoms with E-state index in [1.54, 1.807) is 42.5 Å². The fourth-order valence-corrected chi connectivity index (χ4v) is 3.43. The van der Waals surface area contributed by atoms with Crippen LogP contribution in [-0.4, -0.2) is 33.1 Å². The maximum atomic E-state index is 12.7. The number of hydrogen-bond donors (Lipinski definition) is 2. The molecule has 0 aromatic heterocycles. The van der Waals surface area contributed by atoms with Crippen molar-refractivity contribution in [2.75, 3.05) is 19.5 Å². The second-order valence-corrected chi connectivity index (χ2v) is 7.08. The van der Waals surface area contributed by atoms with Gasteiger partial charge < -0.3 is 14.8 Å². The highest BCUT2D eigenvalue weighted by Gasteiger charge is 2.17. The summed E-state index contributed by atoms with van der Waals surface area (Å²) in [5, 5.41) is 3.54. The molecule has 3 aromatic carbocycles. The number of rotatable bonds is 5. The molecule has 3 rings (SSSR count). The summed E-state index contributed by atoms with van der Waals surface area (Å²) in [5.41, 5.74) is 0.721. The van der Waals surface area contributed by atoms with Crippen LogP contribution in [0.15, 0.2) is 59.5 Å². The van der Waals surface area contributed by atoms with Crippen molar-refractivity contribution in [1.29, 1.82) is 0 Å². The lowest BCUT2D eigenvalue weighted by molar-refractivity contribution is 0.102. The van der Waals surface area contributed by atoms with Crippen molar-refractivity contribution < 1.29 is 27.2 Å². The average molecular weight is 387 g/mol. The highest BCUT2D eigenvalue weighted by molar-refractivity contribution is 7.86. The molecule has 8 heteroatoms. The quantitative estimate of drug-likeness (QED) is 0.651. The van der Waals surface area contributed by atoms with E-state index in [1.165, 1.54) is 26.4 Å². The molecule has 0 spiro atoms.